The van der Waals surface area contributed by atoms with Crippen molar-refractivity contribution in [3.8, 4) is 17.2 Å². The van der Waals surface area contributed by atoms with Gasteiger partial charge < -0.3 is 24.7 Å². The van der Waals surface area contributed by atoms with Crippen molar-refractivity contribution >= 4 is 11.9 Å². The van der Waals surface area contributed by atoms with E-state index in [-0.39, 0.29) is 11.3 Å². The molecule has 0 fully saturated rings. The fourth-order valence-corrected chi connectivity index (χ4v) is 1.40. The number of hydrogen-bond acceptors (Lipinski definition) is 6. The molecular formula is C12H15NO6. The fourth-order valence-electron chi connectivity index (χ4n) is 1.40. The molecule has 0 aliphatic heterocycles. The lowest BCUT2D eigenvalue weighted by Crippen LogP contribution is -2.21. The molecule has 7 heteroatoms. The molecule has 0 aliphatic carbocycles. The van der Waals surface area contributed by atoms with Gasteiger partial charge in [-0.3, -0.25) is 4.79 Å². The molecule has 1 rings (SSSR count). The maximum absolute atomic E-state index is 11.8. The van der Waals surface area contributed by atoms with Crippen LogP contribution in [0.3, 0.4) is 0 Å². The van der Waals surface area contributed by atoms with Gasteiger partial charge in [0.05, 0.1) is 21.3 Å². The summed E-state index contributed by atoms with van der Waals surface area (Å²) in [5, 5.41) is 0. The Morgan fingerprint density at radius 2 is 1.53 bits per heavy atom. The van der Waals surface area contributed by atoms with Gasteiger partial charge in [-0.05, 0) is 0 Å². The second-order valence-corrected chi connectivity index (χ2v) is 3.45. The highest BCUT2D eigenvalue weighted by Gasteiger charge is 2.19. The topological polar surface area (TPSA) is 97.1 Å². The van der Waals surface area contributed by atoms with E-state index in [1.54, 1.807) is 0 Å². The van der Waals surface area contributed by atoms with Gasteiger partial charge in [0, 0.05) is 12.1 Å². The number of benzene rings is 1. The minimum Gasteiger partial charge on any atom is -0.496 e. The highest BCUT2D eigenvalue weighted by atomic mass is 16.5. The molecule has 19 heavy (non-hydrogen) atoms. The van der Waals surface area contributed by atoms with Crippen molar-refractivity contribution < 1.29 is 28.5 Å². The van der Waals surface area contributed by atoms with Gasteiger partial charge >= 0.3 is 5.97 Å². The first-order chi connectivity index (χ1) is 9.03. The van der Waals surface area contributed by atoms with E-state index in [0.29, 0.717) is 11.5 Å². The number of hydrogen-bond donors (Lipinski definition) is 1. The van der Waals surface area contributed by atoms with Crippen LogP contribution in [0.25, 0.3) is 0 Å². The second-order valence-electron chi connectivity index (χ2n) is 3.45. The van der Waals surface area contributed by atoms with Crippen LogP contribution >= 0.6 is 0 Å². The summed E-state index contributed by atoms with van der Waals surface area (Å²) in [6, 6.07) is 2.89. The van der Waals surface area contributed by atoms with E-state index in [2.05, 4.69) is 0 Å². The maximum Gasteiger partial charge on any atom is 0.342 e. The van der Waals surface area contributed by atoms with Crippen LogP contribution in [0.15, 0.2) is 12.1 Å². The lowest BCUT2D eigenvalue weighted by molar-refractivity contribution is -0.121. The van der Waals surface area contributed by atoms with Gasteiger partial charge in [-0.15, -0.1) is 0 Å². The van der Waals surface area contributed by atoms with Crippen molar-refractivity contribution in [1.82, 2.24) is 0 Å². The largest absolute Gasteiger partial charge is 0.496 e. The zero-order chi connectivity index (χ0) is 14.4. The summed E-state index contributed by atoms with van der Waals surface area (Å²) < 4.78 is 19.9. The molecule has 1 aromatic carbocycles. The van der Waals surface area contributed by atoms with Gasteiger partial charge in [0.1, 0.15) is 11.3 Å². The van der Waals surface area contributed by atoms with Crippen LogP contribution in [-0.2, 0) is 9.53 Å². The molecule has 0 aliphatic rings. The molecule has 0 atom stereocenters. The molecule has 0 radical (unpaired) electrons. The molecule has 0 unspecified atom stereocenters. The van der Waals surface area contributed by atoms with E-state index in [4.69, 9.17) is 24.7 Å². The van der Waals surface area contributed by atoms with Crippen LogP contribution in [0, 0.1) is 0 Å². The molecule has 104 valence electrons. The fraction of sp³-hybridized carbons (Fsp3) is 0.333. The van der Waals surface area contributed by atoms with E-state index in [0.717, 1.165) is 0 Å². The molecule has 0 aromatic heterocycles. The Balaban J connectivity index is 3.10. The molecule has 0 saturated heterocycles. The minimum atomic E-state index is -0.743. The first kappa shape index (κ1) is 14.6. The average Bonchev–Trinajstić information content (AvgIpc) is 2.42. The van der Waals surface area contributed by atoms with E-state index >= 15 is 0 Å². The Kier molecular flexibility index (Phi) is 4.99. The SMILES string of the molecule is COc1cc(OC)c(C(=O)OCC(N)=O)cc1OC. The Labute approximate surface area is 110 Å². The second kappa shape index (κ2) is 6.48. The molecule has 0 heterocycles. The van der Waals surface area contributed by atoms with E-state index in [1.165, 1.54) is 33.5 Å². The first-order valence-electron chi connectivity index (χ1n) is 5.29. The van der Waals surface area contributed by atoms with E-state index in [9.17, 15) is 9.59 Å². The summed E-state index contributed by atoms with van der Waals surface area (Å²) in [7, 11) is 4.29. The van der Waals surface area contributed by atoms with Crippen molar-refractivity contribution in [2.45, 2.75) is 0 Å². The summed E-state index contributed by atoms with van der Waals surface area (Å²) in [5.74, 6) is -0.489. The Morgan fingerprint density at radius 3 is 2.00 bits per heavy atom. The highest BCUT2D eigenvalue weighted by molar-refractivity contribution is 5.94. The Morgan fingerprint density at radius 1 is 1.00 bits per heavy atom. The van der Waals surface area contributed by atoms with Crippen molar-refractivity contribution in [3.05, 3.63) is 17.7 Å². The highest BCUT2D eigenvalue weighted by Crippen LogP contribution is 2.34. The average molecular weight is 269 g/mol. The molecule has 2 N–H and O–H groups in total. The number of amides is 1. The minimum absolute atomic E-state index is 0.112. The molecule has 0 spiro atoms. The van der Waals surface area contributed by atoms with E-state index < -0.39 is 18.5 Å². The lowest BCUT2D eigenvalue weighted by Gasteiger charge is -2.13. The number of methoxy groups -OCH3 is 3. The van der Waals surface area contributed by atoms with Gasteiger partial charge in [-0.25, -0.2) is 4.79 Å². The molecule has 1 amide bonds. The summed E-state index contributed by atoms with van der Waals surface area (Å²) in [5.41, 5.74) is 5.01. The zero-order valence-corrected chi connectivity index (χ0v) is 10.9. The third kappa shape index (κ3) is 3.51. The molecular weight excluding hydrogens is 254 g/mol. The van der Waals surface area contributed by atoms with Crippen LogP contribution in [0.4, 0.5) is 0 Å². The van der Waals surface area contributed by atoms with Gasteiger partial charge in [0.15, 0.2) is 18.1 Å². The van der Waals surface area contributed by atoms with Crippen LogP contribution in [0.1, 0.15) is 10.4 Å². The third-order valence-corrected chi connectivity index (χ3v) is 2.27. The predicted octanol–water partition coefficient (Wildman–Crippen LogP) is 0.354. The summed E-state index contributed by atoms with van der Waals surface area (Å²) in [6.45, 7) is -0.504. The molecule has 1 aromatic rings. The van der Waals surface area contributed by atoms with Crippen LogP contribution in [0.5, 0.6) is 17.2 Å². The number of carbonyl (C=O) groups is 2. The third-order valence-electron chi connectivity index (χ3n) is 2.27. The predicted molar refractivity (Wildman–Crippen MR) is 65.6 cm³/mol. The van der Waals surface area contributed by atoms with Gasteiger partial charge in [-0.1, -0.05) is 0 Å². The summed E-state index contributed by atoms with van der Waals surface area (Å²) in [4.78, 5) is 22.4. The number of nitrogens with two attached hydrogens (primary N) is 1. The summed E-state index contributed by atoms with van der Waals surface area (Å²) in [6.07, 6.45) is 0. The van der Waals surface area contributed by atoms with Gasteiger partial charge in [0.25, 0.3) is 5.91 Å². The zero-order valence-electron chi connectivity index (χ0n) is 10.9. The van der Waals surface area contributed by atoms with Crippen molar-refractivity contribution in [2.24, 2.45) is 5.73 Å². The number of carbonyl (C=O) groups excluding carboxylic acids is 2. The lowest BCUT2D eigenvalue weighted by atomic mass is 10.1. The standard InChI is InChI=1S/C12H15NO6/c1-16-8-5-10(18-3)9(17-2)4-7(8)12(15)19-6-11(13)14/h4-5H,6H2,1-3H3,(H2,13,14). The maximum atomic E-state index is 11.8. The van der Waals surface area contributed by atoms with Crippen LogP contribution < -0.4 is 19.9 Å². The Hall–Kier alpha value is -2.44. The molecule has 0 bridgehead atoms. The smallest absolute Gasteiger partial charge is 0.342 e. The number of primary amides is 1. The van der Waals surface area contributed by atoms with Crippen molar-refractivity contribution in [2.75, 3.05) is 27.9 Å². The molecule has 0 saturated carbocycles. The van der Waals surface area contributed by atoms with Gasteiger partial charge in [-0.2, -0.15) is 0 Å². The van der Waals surface area contributed by atoms with Crippen LogP contribution in [-0.4, -0.2) is 39.8 Å². The van der Waals surface area contributed by atoms with Gasteiger partial charge in [0.2, 0.25) is 0 Å². The Bertz CT molecular complexity index is 485. The quantitative estimate of drug-likeness (QED) is 0.749. The number of esters is 1. The summed E-state index contributed by atoms with van der Waals surface area (Å²) >= 11 is 0. The monoisotopic (exact) mass is 269 g/mol. The van der Waals surface area contributed by atoms with Crippen molar-refractivity contribution in [3.63, 3.8) is 0 Å². The number of ether oxygens (including phenoxy) is 4. The van der Waals surface area contributed by atoms with Crippen molar-refractivity contribution in [1.29, 1.82) is 0 Å². The molecule has 7 nitrogen and oxygen atoms in total. The van der Waals surface area contributed by atoms with Crippen LogP contribution in [0.2, 0.25) is 0 Å². The first-order valence-corrected chi connectivity index (χ1v) is 5.29. The number of rotatable bonds is 6. The normalized spacial score (nSPS) is 9.63. The van der Waals surface area contributed by atoms with E-state index in [1.807, 2.05) is 0 Å².